The first-order valence-corrected chi connectivity index (χ1v) is 7.49. The third-order valence-electron chi connectivity index (χ3n) is 3.77. The van der Waals surface area contributed by atoms with Gasteiger partial charge in [0.2, 0.25) is 0 Å². The summed E-state index contributed by atoms with van der Waals surface area (Å²) >= 11 is 0. The molecule has 4 nitrogen and oxygen atoms in total. The van der Waals surface area contributed by atoms with E-state index in [1.807, 2.05) is 0 Å². The summed E-state index contributed by atoms with van der Waals surface area (Å²) in [6.45, 7) is 11.6. The number of hydrogen-bond acceptors (Lipinski definition) is 3. The predicted octanol–water partition coefficient (Wildman–Crippen LogP) is 1.88. The SMILES string of the molecule is CCCNC(C)c1cccn1CCN1CCOCC1. The molecule has 0 radical (unpaired) electrons. The van der Waals surface area contributed by atoms with Crippen molar-refractivity contribution in [3.63, 3.8) is 0 Å². The van der Waals surface area contributed by atoms with Crippen molar-refractivity contribution in [3.05, 3.63) is 24.0 Å². The molecule has 1 N–H and O–H groups in total. The molecule has 0 aromatic carbocycles. The Kier molecular flexibility index (Phi) is 5.89. The van der Waals surface area contributed by atoms with Crippen LogP contribution in [0.3, 0.4) is 0 Å². The highest BCUT2D eigenvalue weighted by atomic mass is 16.5. The molecule has 19 heavy (non-hydrogen) atoms. The molecule has 0 amide bonds. The topological polar surface area (TPSA) is 29.4 Å². The largest absolute Gasteiger partial charge is 0.379 e. The first-order chi connectivity index (χ1) is 9.31. The van der Waals surface area contributed by atoms with Gasteiger partial charge >= 0.3 is 0 Å². The molecule has 1 aliphatic rings. The van der Waals surface area contributed by atoms with Gasteiger partial charge in [0.1, 0.15) is 0 Å². The highest BCUT2D eigenvalue weighted by molar-refractivity contribution is 5.11. The third-order valence-corrected chi connectivity index (χ3v) is 3.77. The Morgan fingerprint density at radius 3 is 2.84 bits per heavy atom. The molecule has 1 aromatic heterocycles. The number of nitrogens with one attached hydrogen (secondary N) is 1. The zero-order valence-electron chi connectivity index (χ0n) is 12.3. The number of aromatic nitrogens is 1. The van der Waals surface area contributed by atoms with Crippen molar-refractivity contribution in [2.24, 2.45) is 0 Å². The average molecular weight is 265 g/mol. The molecular weight excluding hydrogens is 238 g/mol. The number of hydrogen-bond donors (Lipinski definition) is 1. The Labute approximate surface area is 116 Å². The van der Waals surface area contributed by atoms with Gasteiger partial charge in [-0.25, -0.2) is 0 Å². The summed E-state index contributed by atoms with van der Waals surface area (Å²) in [5.74, 6) is 0. The molecule has 0 bridgehead atoms. The Morgan fingerprint density at radius 1 is 1.32 bits per heavy atom. The second-order valence-electron chi connectivity index (χ2n) is 5.26. The van der Waals surface area contributed by atoms with Crippen LogP contribution in [0, 0.1) is 0 Å². The lowest BCUT2D eigenvalue weighted by Crippen LogP contribution is -2.38. The van der Waals surface area contributed by atoms with Crippen molar-refractivity contribution < 1.29 is 4.74 Å². The van der Waals surface area contributed by atoms with Crippen molar-refractivity contribution in [1.82, 2.24) is 14.8 Å². The van der Waals surface area contributed by atoms with E-state index >= 15 is 0 Å². The van der Waals surface area contributed by atoms with Crippen LogP contribution in [0.1, 0.15) is 32.0 Å². The first kappa shape index (κ1) is 14.6. The maximum absolute atomic E-state index is 5.38. The van der Waals surface area contributed by atoms with Crippen LogP contribution in [0.2, 0.25) is 0 Å². The molecule has 1 atom stereocenters. The fourth-order valence-corrected chi connectivity index (χ4v) is 2.56. The second kappa shape index (κ2) is 7.68. The molecule has 108 valence electrons. The van der Waals surface area contributed by atoms with E-state index in [0.29, 0.717) is 6.04 Å². The number of morpholine rings is 1. The van der Waals surface area contributed by atoms with E-state index in [-0.39, 0.29) is 0 Å². The van der Waals surface area contributed by atoms with Crippen molar-refractivity contribution in [2.45, 2.75) is 32.9 Å². The molecule has 4 heteroatoms. The summed E-state index contributed by atoms with van der Waals surface area (Å²) in [6.07, 6.45) is 3.37. The van der Waals surface area contributed by atoms with E-state index < -0.39 is 0 Å². The predicted molar refractivity (Wildman–Crippen MR) is 78.4 cm³/mol. The van der Waals surface area contributed by atoms with Gasteiger partial charge in [0.25, 0.3) is 0 Å². The van der Waals surface area contributed by atoms with E-state index in [4.69, 9.17) is 4.74 Å². The molecule has 1 unspecified atom stereocenters. The van der Waals surface area contributed by atoms with Gasteiger partial charge < -0.3 is 14.6 Å². The van der Waals surface area contributed by atoms with Crippen LogP contribution >= 0.6 is 0 Å². The fraction of sp³-hybridized carbons (Fsp3) is 0.733. The van der Waals surface area contributed by atoms with E-state index in [9.17, 15) is 0 Å². The van der Waals surface area contributed by atoms with Crippen LogP contribution in [-0.2, 0) is 11.3 Å². The van der Waals surface area contributed by atoms with Crippen LogP contribution in [0.25, 0.3) is 0 Å². The van der Waals surface area contributed by atoms with Gasteiger partial charge in [-0.15, -0.1) is 0 Å². The van der Waals surface area contributed by atoms with Gasteiger partial charge in [-0.05, 0) is 32.0 Å². The zero-order valence-corrected chi connectivity index (χ0v) is 12.3. The lowest BCUT2D eigenvalue weighted by molar-refractivity contribution is 0.0363. The molecule has 1 saturated heterocycles. The molecule has 1 aliphatic heterocycles. The lowest BCUT2D eigenvalue weighted by Gasteiger charge is -2.27. The van der Waals surface area contributed by atoms with Crippen molar-refractivity contribution in [3.8, 4) is 0 Å². The normalized spacial score (nSPS) is 18.6. The zero-order chi connectivity index (χ0) is 13.5. The number of rotatable bonds is 7. The average Bonchev–Trinajstić information content (AvgIpc) is 2.92. The maximum atomic E-state index is 5.38. The molecule has 0 saturated carbocycles. The Bertz CT molecular complexity index is 358. The maximum Gasteiger partial charge on any atom is 0.0594 e. The molecule has 0 aliphatic carbocycles. The van der Waals surface area contributed by atoms with Crippen LogP contribution in [0.15, 0.2) is 18.3 Å². The van der Waals surface area contributed by atoms with Crippen LogP contribution in [0.5, 0.6) is 0 Å². The summed E-state index contributed by atoms with van der Waals surface area (Å²) in [6, 6.07) is 4.81. The second-order valence-corrected chi connectivity index (χ2v) is 5.26. The van der Waals surface area contributed by atoms with E-state index in [0.717, 1.165) is 45.9 Å². The number of nitrogens with zero attached hydrogens (tertiary/aromatic N) is 2. The molecule has 1 fully saturated rings. The standard InChI is InChI=1S/C15H27N3O/c1-3-6-16-14(2)15-5-4-7-18(15)9-8-17-10-12-19-13-11-17/h4-5,7,14,16H,3,6,8-13H2,1-2H3. The van der Waals surface area contributed by atoms with Gasteiger partial charge in [-0.2, -0.15) is 0 Å². The third kappa shape index (κ3) is 4.34. The summed E-state index contributed by atoms with van der Waals surface area (Å²) in [4.78, 5) is 2.48. The van der Waals surface area contributed by atoms with Gasteiger partial charge in [-0.1, -0.05) is 6.92 Å². The van der Waals surface area contributed by atoms with E-state index in [1.54, 1.807) is 0 Å². The van der Waals surface area contributed by atoms with E-state index in [2.05, 4.69) is 47.0 Å². The van der Waals surface area contributed by atoms with Gasteiger partial charge in [-0.3, -0.25) is 4.90 Å². The fourth-order valence-electron chi connectivity index (χ4n) is 2.56. The van der Waals surface area contributed by atoms with Gasteiger partial charge in [0.05, 0.1) is 13.2 Å². The van der Waals surface area contributed by atoms with E-state index in [1.165, 1.54) is 12.1 Å². The Balaban J connectivity index is 1.84. The highest BCUT2D eigenvalue weighted by Gasteiger charge is 2.12. The first-order valence-electron chi connectivity index (χ1n) is 7.49. The molecular formula is C15H27N3O. The van der Waals surface area contributed by atoms with Crippen molar-refractivity contribution in [1.29, 1.82) is 0 Å². The van der Waals surface area contributed by atoms with Crippen LogP contribution < -0.4 is 5.32 Å². The Morgan fingerprint density at radius 2 is 2.11 bits per heavy atom. The summed E-state index contributed by atoms with van der Waals surface area (Å²) in [5, 5.41) is 3.56. The van der Waals surface area contributed by atoms with Crippen molar-refractivity contribution in [2.75, 3.05) is 39.4 Å². The molecule has 2 rings (SSSR count). The summed E-state index contributed by atoms with van der Waals surface area (Å²) in [7, 11) is 0. The number of ether oxygens (including phenoxy) is 1. The monoisotopic (exact) mass is 265 g/mol. The highest BCUT2D eigenvalue weighted by Crippen LogP contribution is 2.13. The minimum Gasteiger partial charge on any atom is -0.379 e. The van der Waals surface area contributed by atoms with Gasteiger partial charge in [0.15, 0.2) is 0 Å². The van der Waals surface area contributed by atoms with Gasteiger partial charge in [0, 0.05) is 44.1 Å². The molecule has 2 heterocycles. The Hall–Kier alpha value is -0.840. The molecule has 0 spiro atoms. The minimum atomic E-state index is 0.430. The van der Waals surface area contributed by atoms with Crippen LogP contribution in [0.4, 0.5) is 0 Å². The molecule has 1 aromatic rings. The lowest BCUT2D eigenvalue weighted by atomic mass is 10.2. The summed E-state index contributed by atoms with van der Waals surface area (Å²) < 4.78 is 7.76. The van der Waals surface area contributed by atoms with Crippen molar-refractivity contribution >= 4 is 0 Å². The minimum absolute atomic E-state index is 0.430. The van der Waals surface area contributed by atoms with Crippen LogP contribution in [-0.4, -0.2) is 48.9 Å². The smallest absolute Gasteiger partial charge is 0.0594 e. The summed E-state index contributed by atoms with van der Waals surface area (Å²) in [5.41, 5.74) is 1.39. The quantitative estimate of drug-likeness (QED) is 0.816.